The number of nitrogens with one attached hydrogen (secondary N) is 1. The summed E-state index contributed by atoms with van der Waals surface area (Å²) in [7, 11) is 0. The molecule has 1 N–H and O–H groups in total. The van der Waals surface area contributed by atoms with Crippen molar-refractivity contribution < 1.29 is 9.53 Å². The fourth-order valence-electron chi connectivity index (χ4n) is 5.34. The summed E-state index contributed by atoms with van der Waals surface area (Å²) < 4.78 is 7.87. The van der Waals surface area contributed by atoms with Crippen molar-refractivity contribution in [3.63, 3.8) is 0 Å². The Morgan fingerprint density at radius 3 is 2.83 bits per heavy atom. The van der Waals surface area contributed by atoms with Gasteiger partial charge in [-0.25, -0.2) is 5.43 Å². The first-order chi connectivity index (χ1) is 17.5. The Morgan fingerprint density at radius 1 is 1.14 bits per heavy atom. The number of fused-ring (bicyclic) bond motifs is 4. The van der Waals surface area contributed by atoms with Crippen LogP contribution in [0.15, 0.2) is 70.6 Å². The lowest BCUT2D eigenvalue weighted by Crippen LogP contribution is -2.46. The Balaban J connectivity index is 1.31. The molecular formula is C28H29ClN4O3. The van der Waals surface area contributed by atoms with E-state index in [0.29, 0.717) is 29.0 Å². The van der Waals surface area contributed by atoms with Crippen LogP contribution in [0.3, 0.4) is 0 Å². The molecule has 1 fully saturated rings. The lowest BCUT2D eigenvalue weighted by Gasteiger charge is -2.43. The summed E-state index contributed by atoms with van der Waals surface area (Å²) in [6.45, 7) is 5.91. The van der Waals surface area contributed by atoms with Gasteiger partial charge in [0, 0.05) is 49.4 Å². The molecule has 5 rings (SSSR count). The summed E-state index contributed by atoms with van der Waals surface area (Å²) in [5, 5.41) is 4.51. The quantitative estimate of drug-likeness (QED) is 0.385. The molecule has 2 aromatic carbocycles. The highest BCUT2D eigenvalue weighted by atomic mass is 35.5. The van der Waals surface area contributed by atoms with Gasteiger partial charge in [-0.1, -0.05) is 29.8 Å². The second-order valence-corrected chi connectivity index (χ2v) is 9.78. The van der Waals surface area contributed by atoms with Crippen LogP contribution in [0.4, 0.5) is 0 Å². The van der Waals surface area contributed by atoms with Crippen LogP contribution in [0.5, 0.6) is 5.75 Å². The number of benzene rings is 2. The van der Waals surface area contributed by atoms with Gasteiger partial charge in [0.05, 0.1) is 23.4 Å². The Kier molecular flexibility index (Phi) is 7.20. The minimum atomic E-state index is -0.359. The summed E-state index contributed by atoms with van der Waals surface area (Å²) in [6, 6.07) is 18.4. The van der Waals surface area contributed by atoms with Gasteiger partial charge in [-0.2, -0.15) is 5.10 Å². The maximum absolute atomic E-state index is 12.4. The molecule has 2 aliphatic heterocycles. The number of likely N-dealkylation sites (tertiary alicyclic amines) is 1. The Morgan fingerprint density at radius 2 is 2.00 bits per heavy atom. The number of rotatable bonds is 7. The van der Waals surface area contributed by atoms with Crippen LogP contribution in [0.2, 0.25) is 5.02 Å². The van der Waals surface area contributed by atoms with E-state index in [-0.39, 0.29) is 11.5 Å². The van der Waals surface area contributed by atoms with E-state index in [1.54, 1.807) is 36.5 Å². The van der Waals surface area contributed by atoms with Gasteiger partial charge in [-0.05, 0) is 61.2 Å². The van der Waals surface area contributed by atoms with Crippen molar-refractivity contribution in [3.8, 4) is 5.75 Å². The number of hydrazone groups is 1. The summed E-state index contributed by atoms with van der Waals surface area (Å²) >= 11 is 6.10. The van der Waals surface area contributed by atoms with Crippen LogP contribution in [0.25, 0.3) is 0 Å². The standard InChI is InChI=1S/C28H29ClN4O3/c1-2-36-26-11-10-19(14-30-31-28(35)23-6-3-4-7-24(23)29)12-22(26)18-32-15-20-13-21(17-32)25-8-5-9-27(34)33(25)16-20/h3-12,14,20-21H,2,13,15-18H2,1H3,(H,31,35)/b30-14-/t20-,21+/m1/s1. The molecular weight excluding hydrogens is 476 g/mol. The maximum atomic E-state index is 12.4. The fraction of sp³-hybridized carbons (Fsp3) is 0.321. The lowest BCUT2D eigenvalue weighted by molar-refractivity contribution is 0.0955. The van der Waals surface area contributed by atoms with Gasteiger partial charge in [0.25, 0.3) is 11.5 Å². The van der Waals surface area contributed by atoms with E-state index in [1.807, 2.05) is 29.7 Å². The highest BCUT2D eigenvalue weighted by Gasteiger charge is 2.34. The molecule has 0 aliphatic carbocycles. The van der Waals surface area contributed by atoms with E-state index in [4.69, 9.17) is 16.3 Å². The molecule has 0 unspecified atom stereocenters. The number of hydrogen-bond acceptors (Lipinski definition) is 5. The first-order valence-corrected chi connectivity index (χ1v) is 12.7. The zero-order valence-corrected chi connectivity index (χ0v) is 20.9. The van der Waals surface area contributed by atoms with Crippen LogP contribution < -0.4 is 15.7 Å². The SMILES string of the molecule is CCOc1ccc(/C=N\NC(=O)c2ccccc2Cl)cc1CN1C[C@H]2C[C@@H](C1)c1cccc(=O)n1C2. The van der Waals surface area contributed by atoms with Gasteiger partial charge in [0.2, 0.25) is 0 Å². The second kappa shape index (κ2) is 10.7. The predicted molar refractivity (Wildman–Crippen MR) is 141 cm³/mol. The minimum absolute atomic E-state index is 0.0999. The Bertz CT molecular complexity index is 1350. The molecule has 7 nitrogen and oxygen atoms in total. The molecule has 3 heterocycles. The molecule has 186 valence electrons. The average Bonchev–Trinajstić information content (AvgIpc) is 2.86. The molecule has 2 bridgehead atoms. The summed E-state index contributed by atoms with van der Waals surface area (Å²) in [4.78, 5) is 27.2. The van der Waals surface area contributed by atoms with Crippen LogP contribution >= 0.6 is 11.6 Å². The lowest BCUT2D eigenvalue weighted by atomic mass is 9.83. The molecule has 0 spiro atoms. The summed E-state index contributed by atoms with van der Waals surface area (Å²) in [5.41, 5.74) is 6.10. The fourth-order valence-corrected chi connectivity index (χ4v) is 5.56. The van der Waals surface area contributed by atoms with E-state index in [0.717, 1.165) is 55.2 Å². The van der Waals surface area contributed by atoms with Gasteiger partial charge in [0.15, 0.2) is 0 Å². The number of pyridine rings is 1. The van der Waals surface area contributed by atoms with E-state index in [9.17, 15) is 9.59 Å². The molecule has 0 saturated carbocycles. The van der Waals surface area contributed by atoms with Crippen molar-refractivity contribution in [2.24, 2.45) is 11.0 Å². The highest BCUT2D eigenvalue weighted by molar-refractivity contribution is 6.33. The Hall–Kier alpha value is -3.42. The van der Waals surface area contributed by atoms with Crippen molar-refractivity contribution >= 4 is 23.7 Å². The number of nitrogens with zero attached hydrogens (tertiary/aromatic N) is 3. The monoisotopic (exact) mass is 504 g/mol. The molecule has 8 heteroatoms. The van der Waals surface area contributed by atoms with Crippen molar-refractivity contribution in [1.29, 1.82) is 0 Å². The zero-order valence-electron chi connectivity index (χ0n) is 20.2. The highest BCUT2D eigenvalue weighted by Crippen LogP contribution is 2.36. The van der Waals surface area contributed by atoms with Crippen LogP contribution in [0.1, 0.15) is 46.4 Å². The van der Waals surface area contributed by atoms with Crippen LogP contribution in [-0.2, 0) is 13.1 Å². The van der Waals surface area contributed by atoms with Gasteiger partial charge in [0.1, 0.15) is 5.75 Å². The minimum Gasteiger partial charge on any atom is -0.494 e. The van der Waals surface area contributed by atoms with Crippen LogP contribution in [-0.4, -0.2) is 41.3 Å². The number of carbonyl (C=O) groups excluding carboxylic acids is 1. The number of amides is 1. The largest absolute Gasteiger partial charge is 0.494 e. The second-order valence-electron chi connectivity index (χ2n) is 9.37. The van der Waals surface area contributed by atoms with E-state index >= 15 is 0 Å². The topological polar surface area (TPSA) is 75.9 Å². The van der Waals surface area contributed by atoms with Gasteiger partial charge in [-0.3, -0.25) is 14.5 Å². The molecule has 0 radical (unpaired) electrons. The van der Waals surface area contributed by atoms with Crippen LogP contribution in [0, 0.1) is 5.92 Å². The van der Waals surface area contributed by atoms with E-state index < -0.39 is 0 Å². The van der Waals surface area contributed by atoms with Gasteiger partial charge in [-0.15, -0.1) is 0 Å². The molecule has 2 atom stereocenters. The number of piperidine rings is 1. The van der Waals surface area contributed by atoms with Crippen molar-refractivity contribution in [2.45, 2.75) is 32.4 Å². The number of hydrogen-bond donors (Lipinski definition) is 1. The van der Waals surface area contributed by atoms with E-state index in [2.05, 4.69) is 27.6 Å². The molecule has 3 aromatic rings. The third-order valence-electron chi connectivity index (χ3n) is 6.83. The first-order valence-electron chi connectivity index (χ1n) is 12.3. The molecule has 36 heavy (non-hydrogen) atoms. The third kappa shape index (κ3) is 5.22. The van der Waals surface area contributed by atoms with Crippen molar-refractivity contribution in [2.75, 3.05) is 19.7 Å². The van der Waals surface area contributed by atoms with Crippen molar-refractivity contribution in [1.82, 2.24) is 14.9 Å². The zero-order chi connectivity index (χ0) is 25.1. The number of carbonyl (C=O) groups is 1. The first kappa shape index (κ1) is 24.3. The number of halogens is 1. The van der Waals surface area contributed by atoms with Crippen molar-refractivity contribution in [3.05, 3.63) is 98.4 Å². The average molecular weight is 505 g/mol. The normalized spacial score (nSPS) is 19.2. The summed E-state index contributed by atoms with van der Waals surface area (Å²) in [6.07, 6.45) is 2.75. The van der Waals surface area contributed by atoms with Gasteiger partial charge < -0.3 is 9.30 Å². The Labute approximate surface area is 215 Å². The van der Waals surface area contributed by atoms with Gasteiger partial charge >= 0.3 is 0 Å². The molecule has 1 saturated heterocycles. The third-order valence-corrected chi connectivity index (χ3v) is 7.16. The smallest absolute Gasteiger partial charge is 0.272 e. The predicted octanol–water partition coefficient (Wildman–Crippen LogP) is 4.28. The molecule has 1 aromatic heterocycles. The van der Waals surface area contributed by atoms with E-state index in [1.165, 1.54) is 0 Å². The number of ether oxygens (including phenoxy) is 1. The molecule has 1 amide bonds. The molecule has 2 aliphatic rings. The summed E-state index contributed by atoms with van der Waals surface area (Å²) in [5.74, 6) is 1.30. The number of aromatic nitrogens is 1. The maximum Gasteiger partial charge on any atom is 0.272 e.